The lowest BCUT2D eigenvalue weighted by Crippen LogP contribution is -2.16. The van der Waals surface area contributed by atoms with E-state index in [4.69, 9.17) is 10.5 Å². The summed E-state index contributed by atoms with van der Waals surface area (Å²) in [6.45, 7) is 3.22. The van der Waals surface area contributed by atoms with E-state index in [1.54, 1.807) is 13.0 Å². The fourth-order valence-corrected chi connectivity index (χ4v) is 3.89. The zero-order chi connectivity index (χ0) is 17.2. The third-order valence-corrected chi connectivity index (χ3v) is 5.58. The molecule has 0 unspecified atom stereocenters. The Kier molecular flexibility index (Phi) is 4.73. The maximum atomic E-state index is 12.5. The van der Waals surface area contributed by atoms with Crippen LogP contribution in [0.3, 0.4) is 0 Å². The summed E-state index contributed by atoms with van der Waals surface area (Å²) < 4.78 is 33.1. The highest BCUT2D eigenvalue weighted by Crippen LogP contribution is 2.29. The number of pyridine rings is 1. The van der Waals surface area contributed by atoms with Crippen LogP contribution in [0.5, 0.6) is 0 Å². The molecule has 0 bridgehead atoms. The van der Waals surface area contributed by atoms with E-state index in [0.29, 0.717) is 23.0 Å². The normalized spacial score (nSPS) is 16.0. The minimum atomic E-state index is -3.69. The van der Waals surface area contributed by atoms with E-state index in [9.17, 15) is 8.42 Å². The van der Waals surface area contributed by atoms with Crippen molar-refractivity contribution >= 4 is 21.5 Å². The number of hydrogen-bond donors (Lipinski definition) is 2. The van der Waals surface area contributed by atoms with Crippen molar-refractivity contribution in [3.63, 3.8) is 0 Å². The monoisotopic (exact) mass is 347 g/mol. The molecule has 24 heavy (non-hydrogen) atoms. The number of nitrogens with zero attached hydrogens (tertiary/aromatic N) is 1. The van der Waals surface area contributed by atoms with Crippen LogP contribution >= 0.6 is 0 Å². The number of nitrogens with one attached hydrogen (secondary N) is 1. The minimum Gasteiger partial charge on any atom is -0.383 e. The smallest absolute Gasteiger partial charge is 0.263 e. The molecule has 0 radical (unpaired) electrons. The average Bonchev–Trinajstić information content (AvgIpc) is 2.58. The highest BCUT2D eigenvalue weighted by molar-refractivity contribution is 7.92. The van der Waals surface area contributed by atoms with Gasteiger partial charge in [-0.3, -0.25) is 4.72 Å². The molecule has 1 aliphatic rings. The number of aryl methyl sites for hydroxylation is 1. The van der Waals surface area contributed by atoms with E-state index in [1.807, 2.05) is 18.2 Å². The van der Waals surface area contributed by atoms with Gasteiger partial charge in [0.2, 0.25) is 0 Å². The first-order valence-corrected chi connectivity index (χ1v) is 9.37. The van der Waals surface area contributed by atoms with E-state index >= 15 is 0 Å². The van der Waals surface area contributed by atoms with Crippen LogP contribution in [-0.2, 0) is 14.8 Å². The fraction of sp³-hybridized carbons (Fsp3) is 0.353. The Hall–Kier alpha value is -2.12. The quantitative estimate of drug-likeness (QED) is 0.887. The lowest BCUT2D eigenvalue weighted by molar-refractivity contribution is 0.0853. The molecular weight excluding hydrogens is 326 g/mol. The highest BCUT2D eigenvalue weighted by Gasteiger charge is 2.19. The number of nitrogen functional groups attached to an aromatic ring is 1. The van der Waals surface area contributed by atoms with Gasteiger partial charge in [-0.2, -0.15) is 0 Å². The van der Waals surface area contributed by atoms with Gasteiger partial charge in [0.25, 0.3) is 10.0 Å². The van der Waals surface area contributed by atoms with E-state index in [1.165, 1.54) is 12.3 Å². The number of sulfonamides is 1. The van der Waals surface area contributed by atoms with Gasteiger partial charge < -0.3 is 10.5 Å². The first-order valence-electron chi connectivity index (χ1n) is 7.88. The van der Waals surface area contributed by atoms with Gasteiger partial charge in [0.05, 0.1) is 0 Å². The molecule has 3 N–H and O–H groups in total. The zero-order valence-corrected chi connectivity index (χ0v) is 14.3. The molecule has 0 saturated carbocycles. The molecule has 6 nitrogen and oxygen atoms in total. The molecule has 1 aromatic carbocycles. The number of aromatic nitrogens is 1. The lowest BCUT2D eigenvalue weighted by atomic mass is 9.91. The molecule has 1 aromatic heterocycles. The minimum absolute atomic E-state index is 0.102. The van der Waals surface area contributed by atoms with Crippen molar-refractivity contribution < 1.29 is 13.2 Å². The molecule has 2 aromatic rings. The van der Waals surface area contributed by atoms with Gasteiger partial charge in [0.15, 0.2) is 0 Å². The van der Waals surface area contributed by atoms with Gasteiger partial charge in [-0.15, -0.1) is 0 Å². The van der Waals surface area contributed by atoms with Crippen LogP contribution < -0.4 is 10.5 Å². The van der Waals surface area contributed by atoms with Crippen LogP contribution in [0.1, 0.15) is 29.9 Å². The first kappa shape index (κ1) is 16.7. The molecular formula is C17H21N3O3S. The van der Waals surface area contributed by atoms with E-state index in [-0.39, 0.29) is 4.90 Å². The maximum Gasteiger partial charge on any atom is 0.263 e. The van der Waals surface area contributed by atoms with Crippen LogP contribution in [0.2, 0.25) is 0 Å². The average molecular weight is 347 g/mol. The van der Waals surface area contributed by atoms with Crippen molar-refractivity contribution in [3.8, 4) is 0 Å². The molecule has 2 heterocycles. The molecule has 0 aliphatic carbocycles. The summed E-state index contributed by atoms with van der Waals surface area (Å²) in [6, 6.07) is 9.06. The maximum absolute atomic E-state index is 12.5. The number of anilines is 2. The van der Waals surface area contributed by atoms with Gasteiger partial charge in [0.1, 0.15) is 10.7 Å². The lowest BCUT2D eigenvalue weighted by Gasteiger charge is -2.22. The number of ether oxygens (including phenoxy) is 1. The number of benzene rings is 1. The van der Waals surface area contributed by atoms with Crippen molar-refractivity contribution in [2.75, 3.05) is 23.7 Å². The predicted molar refractivity (Wildman–Crippen MR) is 93.4 cm³/mol. The zero-order valence-electron chi connectivity index (χ0n) is 13.5. The Labute approximate surface area is 142 Å². The highest BCUT2D eigenvalue weighted by atomic mass is 32.2. The molecule has 1 fully saturated rings. The topological polar surface area (TPSA) is 94.3 Å². The predicted octanol–water partition coefficient (Wildman–Crippen LogP) is 2.67. The van der Waals surface area contributed by atoms with Crippen LogP contribution in [0, 0.1) is 6.92 Å². The summed E-state index contributed by atoms with van der Waals surface area (Å²) in [6.07, 6.45) is 3.18. The van der Waals surface area contributed by atoms with Gasteiger partial charge in [-0.05, 0) is 55.0 Å². The molecule has 3 rings (SSSR count). The Morgan fingerprint density at radius 2 is 2.00 bits per heavy atom. The standard InChI is InChI=1S/C17H21N3O3S/c1-12-9-16(11-19-17(12)18)24(21,22)20-15-4-2-3-14(10-15)13-5-7-23-8-6-13/h2-4,9-11,13,20H,5-8H2,1H3,(H2,18,19). The Morgan fingerprint density at radius 1 is 1.25 bits per heavy atom. The van der Waals surface area contributed by atoms with Crippen molar-refractivity contribution in [1.29, 1.82) is 0 Å². The SMILES string of the molecule is Cc1cc(S(=O)(=O)Nc2cccc(C3CCOCC3)c2)cnc1N. The Bertz CT molecular complexity index is 831. The van der Waals surface area contributed by atoms with Gasteiger partial charge in [-0.25, -0.2) is 13.4 Å². The summed E-state index contributed by atoms with van der Waals surface area (Å²) in [5.74, 6) is 0.735. The van der Waals surface area contributed by atoms with Crippen LogP contribution in [0.15, 0.2) is 41.4 Å². The van der Waals surface area contributed by atoms with E-state index < -0.39 is 10.0 Å². The van der Waals surface area contributed by atoms with Crippen molar-refractivity contribution in [2.24, 2.45) is 0 Å². The van der Waals surface area contributed by atoms with Gasteiger partial charge >= 0.3 is 0 Å². The Morgan fingerprint density at radius 3 is 2.71 bits per heavy atom. The summed E-state index contributed by atoms with van der Waals surface area (Å²) in [4.78, 5) is 4.02. The van der Waals surface area contributed by atoms with Gasteiger partial charge in [0, 0.05) is 25.1 Å². The number of rotatable bonds is 4. The third-order valence-electron chi connectivity index (χ3n) is 4.24. The van der Waals surface area contributed by atoms with Crippen LogP contribution in [0.4, 0.5) is 11.5 Å². The second kappa shape index (κ2) is 6.78. The molecule has 128 valence electrons. The van der Waals surface area contributed by atoms with Crippen molar-refractivity contribution in [1.82, 2.24) is 4.98 Å². The summed E-state index contributed by atoms with van der Waals surface area (Å²) in [5, 5.41) is 0. The molecule has 7 heteroatoms. The summed E-state index contributed by atoms with van der Waals surface area (Å²) in [5.41, 5.74) is 7.96. The second-order valence-electron chi connectivity index (χ2n) is 5.99. The van der Waals surface area contributed by atoms with Crippen LogP contribution in [0.25, 0.3) is 0 Å². The summed E-state index contributed by atoms with van der Waals surface area (Å²) in [7, 11) is -3.69. The summed E-state index contributed by atoms with van der Waals surface area (Å²) >= 11 is 0. The van der Waals surface area contributed by atoms with Crippen molar-refractivity contribution in [3.05, 3.63) is 47.7 Å². The van der Waals surface area contributed by atoms with Gasteiger partial charge in [-0.1, -0.05) is 12.1 Å². The molecule has 1 aliphatic heterocycles. The molecule has 0 spiro atoms. The molecule has 0 amide bonds. The van der Waals surface area contributed by atoms with Crippen LogP contribution in [-0.4, -0.2) is 26.6 Å². The third kappa shape index (κ3) is 3.68. The van der Waals surface area contributed by atoms with Crippen molar-refractivity contribution in [2.45, 2.75) is 30.6 Å². The fourth-order valence-electron chi connectivity index (χ4n) is 2.81. The molecule has 0 atom stereocenters. The number of nitrogens with two attached hydrogens (primary N) is 1. The first-order chi connectivity index (χ1) is 11.5. The Balaban J connectivity index is 1.83. The second-order valence-corrected chi connectivity index (χ2v) is 7.67. The largest absolute Gasteiger partial charge is 0.383 e. The van der Waals surface area contributed by atoms with E-state index in [2.05, 4.69) is 9.71 Å². The van der Waals surface area contributed by atoms with E-state index in [0.717, 1.165) is 31.6 Å². The number of hydrogen-bond acceptors (Lipinski definition) is 5. The molecule has 1 saturated heterocycles.